The van der Waals surface area contributed by atoms with Crippen LogP contribution in [0.4, 0.5) is 5.82 Å². The van der Waals surface area contributed by atoms with E-state index in [1.807, 2.05) is 73.7 Å². The van der Waals surface area contributed by atoms with Crippen molar-refractivity contribution < 1.29 is 9.53 Å². The van der Waals surface area contributed by atoms with Gasteiger partial charge in [-0.2, -0.15) is 0 Å². The first kappa shape index (κ1) is 20.8. The van der Waals surface area contributed by atoms with E-state index in [2.05, 4.69) is 20.4 Å². The summed E-state index contributed by atoms with van der Waals surface area (Å²) in [5.74, 6) is 1.85. The van der Waals surface area contributed by atoms with Crippen molar-refractivity contribution in [1.82, 2.24) is 15.5 Å². The molecule has 2 aromatic carbocycles. The standard InChI is InChI=1S/C25H28N4O2/c1-18(19-6-4-3-5-7-19)26-25(30)21-14-16-29(17-15-21)24-13-12-23(27-28-24)20-8-10-22(31-2)11-9-20/h3-13,18,21H,14-17H2,1-2H3,(H,26,30). The molecule has 2 heterocycles. The summed E-state index contributed by atoms with van der Waals surface area (Å²) in [5.41, 5.74) is 2.96. The fourth-order valence-corrected chi connectivity index (χ4v) is 3.94. The van der Waals surface area contributed by atoms with Crippen molar-refractivity contribution in [3.8, 4) is 17.0 Å². The Hall–Kier alpha value is -3.41. The van der Waals surface area contributed by atoms with Crippen molar-refractivity contribution in [2.75, 3.05) is 25.1 Å². The molecule has 1 unspecified atom stereocenters. The van der Waals surface area contributed by atoms with Crippen molar-refractivity contribution in [2.24, 2.45) is 5.92 Å². The number of aromatic nitrogens is 2. The van der Waals surface area contributed by atoms with Crippen LogP contribution in [0.5, 0.6) is 5.75 Å². The van der Waals surface area contributed by atoms with Crippen LogP contribution in [-0.2, 0) is 4.79 Å². The quantitative estimate of drug-likeness (QED) is 0.651. The first-order valence-electron chi connectivity index (χ1n) is 10.7. The molecular weight excluding hydrogens is 388 g/mol. The maximum atomic E-state index is 12.7. The number of hydrogen-bond acceptors (Lipinski definition) is 5. The molecule has 0 saturated carbocycles. The lowest BCUT2D eigenvalue weighted by Crippen LogP contribution is -2.41. The Labute approximate surface area is 183 Å². The summed E-state index contributed by atoms with van der Waals surface area (Å²) in [6, 6.07) is 21.9. The van der Waals surface area contributed by atoms with Crippen LogP contribution < -0.4 is 15.0 Å². The van der Waals surface area contributed by atoms with E-state index in [-0.39, 0.29) is 17.9 Å². The van der Waals surface area contributed by atoms with Gasteiger partial charge in [0.1, 0.15) is 5.75 Å². The lowest BCUT2D eigenvalue weighted by Gasteiger charge is -2.32. The molecular formula is C25H28N4O2. The Morgan fingerprint density at radius 1 is 1.00 bits per heavy atom. The number of carbonyl (C=O) groups is 1. The van der Waals surface area contributed by atoms with Gasteiger partial charge in [-0.15, -0.1) is 10.2 Å². The zero-order chi connectivity index (χ0) is 21.6. The Morgan fingerprint density at radius 2 is 1.71 bits per heavy atom. The third-order valence-corrected chi connectivity index (χ3v) is 5.88. The predicted octanol–water partition coefficient (Wildman–Crippen LogP) is 4.25. The van der Waals surface area contributed by atoms with Gasteiger partial charge in [0.2, 0.25) is 5.91 Å². The molecule has 31 heavy (non-hydrogen) atoms. The van der Waals surface area contributed by atoms with E-state index >= 15 is 0 Å². The molecule has 1 aliphatic heterocycles. The number of rotatable bonds is 6. The summed E-state index contributed by atoms with van der Waals surface area (Å²) in [5, 5.41) is 12.0. The molecule has 1 saturated heterocycles. The van der Waals surface area contributed by atoms with E-state index in [9.17, 15) is 4.79 Å². The zero-order valence-electron chi connectivity index (χ0n) is 18.0. The molecule has 0 spiro atoms. The highest BCUT2D eigenvalue weighted by molar-refractivity contribution is 5.79. The number of hydrogen-bond donors (Lipinski definition) is 1. The topological polar surface area (TPSA) is 67.3 Å². The highest BCUT2D eigenvalue weighted by Gasteiger charge is 2.26. The molecule has 160 valence electrons. The highest BCUT2D eigenvalue weighted by atomic mass is 16.5. The molecule has 0 bridgehead atoms. The van der Waals surface area contributed by atoms with Crippen molar-refractivity contribution in [3.63, 3.8) is 0 Å². The van der Waals surface area contributed by atoms with Crippen LogP contribution >= 0.6 is 0 Å². The number of ether oxygens (including phenoxy) is 1. The van der Waals surface area contributed by atoms with Crippen LogP contribution in [0.25, 0.3) is 11.3 Å². The number of piperidine rings is 1. The van der Waals surface area contributed by atoms with Gasteiger partial charge in [-0.3, -0.25) is 4.79 Å². The Bertz CT molecular complexity index is 982. The number of nitrogens with zero attached hydrogens (tertiary/aromatic N) is 3. The van der Waals surface area contributed by atoms with Crippen LogP contribution in [-0.4, -0.2) is 36.3 Å². The molecule has 6 nitrogen and oxygen atoms in total. The third-order valence-electron chi connectivity index (χ3n) is 5.88. The van der Waals surface area contributed by atoms with Gasteiger partial charge < -0.3 is 15.0 Å². The zero-order valence-corrected chi connectivity index (χ0v) is 18.0. The summed E-state index contributed by atoms with van der Waals surface area (Å²) >= 11 is 0. The SMILES string of the molecule is COc1ccc(-c2ccc(N3CCC(C(=O)NC(C)c4ccccc4)CC3)nn2)cc1. The fraction of sp³-hybridized carbons (Fsp3) is 0.320. The van der Waals surface area contributed by atoms with Gasteiger partial charge >= 0.3 is 0 Å². The van der Waals surface area contributed by atoms with Crippen LogP contribution in [0.1, 0.15) is 31.4 Å². The fourth-order valence-electron chi connectivity index (χ4n) is 3.94. The minimum absolute atomic E-state index is 0.0168. The van der Waals surface area contributed by atoms with Crippen molar-refractivity contribution in [1.29, 1.82) is 0 Å². The van der Waals surface area contributed by atoms with E-state index in [1.165, 1.54) is 0 Å². The van der Waals surface area contributed by atoms with E-state index in [0.29, 0.717) is 0 Å². The molecule has 0 radical (unpaired) electrons. The average molecular weight is 417 g/mol. The maximum Gasteiger partial charge on any atom is 0.223 e. The summed E-state index contributed by atoms with van der Waals surface area (Å²) in [4.78, 5) is 14.9. The van der Waals surface area contributed by atoms with Crippen molar-refractivity contribution in [2.45, 2.75) is 25.8 Å². The molecule has 1 N–H and O–H groups in total. The smallest absolute Gasteiger partial charge is 0.223 e. The number of amides is 1. The van der Waals surface area contributed by atoms with E-state index in [4.69, 9.17) is 4.74 Å². The lowest BCUT2D eigenvalue weighted by molar-refractivity contribution is -0.126. The summed E-state index contributed by atoms with van der Waals surface area (Å²) in [6.07, 6.45) is 1.63. The number of anilines is 1. The van der Waals surface area contributed by atoms with Crippen LogP contribution in [0, 0.1) is 5.92 Å². The third kappa shape index (κ3) is 5.02. The van der Waals surface area contributed by atoms with Crippen LogP contribution in [0.15, 0.2) is 66.7 Å². The molecule has 1 aliphatic rings. The summed E-state index contributed by atoms with van der Waals surface area (Å²) in [7, 11) is 1.65. The van der Waals surface area contributed by atoms with Gasteiger partial charge in [-0.1, -0.05) is 30.3 Å². The minimum Gasteiger partial charge on any atom is -0.497 e. The minimum atomic E-state index is 0.0168. The Balaban J connectivity index is 1.31. The van der Waals surface area contributed by atoms with Crippen LogP contribution in [0.2, 0.25) is 0 Å². The van der Waals surface area contributed by atoms with Crippen molar-refractivity contribution in [3.05, 3.63) is 72.3 Å². The second kappa shape index (κ2) is 9.60. The second-order valence-corrected chi connectivity index (χ2v) is 7.91. The highest BCUT2D eigenvalue weighted by Crippen LogP contribution is 2.25. The molecule has 1 aromatic heterocycles. The molecule has 1 fully saturated rings. The van der Waals surface area contributed by atoms with Crippen molar-refractivity contribution >= 4 is 11.7 Å². The number of nitrogens with one attached hydrogen (secondary N) is 1. The van der Waals surface area contributed by atoms with Gasteiger partial charge in [0.15, 0.2) is 5.82 Å². The molecule has 0 aliphatic carbocycles. The Kier molecular flexibility index (Phi) is 6.46. The van der Waals surface area contributed by atoms with Gasteiger partial charge in [0.05, 0.1) is 18.8 Å². The molecule has 1 atom stereocenters. The largest absolute Gasteiger partial charge is 0.497 e. The normalized spacial score (nSPS) is 15.4. The van der Waals surface area contributed by atoms with Gasteiger partial charge in [-0.25, -0.2) is 0 Å². The molecule has 6 heteroatoms. The first-order chi connectivity index (χ1) is 15.1. The van der Waals surface area contributed by atoms with E-state index in [0.717, 1.165) is 54.3 Å². The first-order valence-corrected chi connectivity index (χ1v) is 10.7. The number of benzene rings is 2. The number of methoxy groups -OCH3 is 1. The monoisotopic (exact) mass is 416 g/mol. The second-order valence-electron chi connectivity index (χ2n) is 7.91. The van der Waals surface area contributed by atoms with E-state index < -0.39 is 0 Å². The predicted molar refractivity (Wildman–Crippen MR) is 122 cm³/mol. The van der Waals surface area contributed by atoms with Gasteiger partial charge in [0.25, 0.3) is 0 Å². The molecule has 4 rings (SSSR count). The maximum absolute atomic E-state index is 12.7. The summed E-state index contributed by atoms with van der Waals surface area (Å²) in [6.45, 7) is 3.63. The molecule has 1 amide bonds. The van der Waals surface area contributed by atoms with Crippen LogP contribution in [0.3, 0.4) is 0 Å². The average Bonchev–Trinajstić information content (AvgIpc) is 2.85. The van der Waals surface area contributed by atoms with Gasteiger partial charge in [-0.05, 0) is 61.7 Å². The number of carbonyl (C=O) groups excluding carboxylic acids is 1. The lowest BCUT2D eigenvalue weighted by atomic mass is 9.95. The summed E-state index contributed by atoms with van der Waals surface area (Å²) < 4.78 is 5.20. The molecule has 3 aromatic rings. The Morgan fingerprint density at radius 3 is 2.32 bits per heavy atom. The van der Waals surface area contributed by atoms with E-state index in [1.54, 1.807) is 7.11 Å². The van der Waals surface area contributed by atoms with Gasteiger partial charge in [0, 0.05) is 24.6 Å².